The Labute approximate surface area is 120 Å². The van der Waals surface area contributed by atoms with Gasteiger partial charge < -0.3 is 9.47 Å². The molecule has 0 radical (unpaired) electrons. The first-order chi connectivity index (χ1) is 8.28. The maximum Gasteiger partial charge on any atom is 0.149 e. The molecule has 7 heteroatoms. The molecule has 0 heterocycles. The van der Waals surface area contributed by atoms with Crippen LogP contribution < -0.4 is 9.47 Å². The van der Waals surface area contributed by atoms with Crippen LogP contribution in [0.4, 0.5) is 0 Å². The molecule has 1 aromatic rings. The van der Waals surface area contributed by atoms with E-state index in [1.807, 2.05) is 0 Å². The van der Waals surface area contributed by atoms with Gasteiger partial charge in [0.2, 0.25) is 0 Å². The lowest BCUT2D eigenvalue weighted by atomic mass is 10.1. The van der Waals surface area contributed by atoms with E-state index in [0.29, 0.717) is 21.5 Å². The van der Waals surface area contributed by atoms with E-state index in [1.165, 1.54) is 14.2 Å². The summed E-state index contributed by atoms with van der Waals surface area (Å²) >= 11 is 9.45. The molecule has 0 saturated carbocycles. The number of hydrogen-bond donors (Lipinski definition) is 0. The number of sulfone groups is 1. The summed E-state index contributed by atoms with van der Waals surface area (Å²) in [6.07, 6.45) is 1.14. The number of halogens is 2. The molecule has 1 unspecified atom stereocenters. The predicted molar refractivity (Wildman–Crippen MR) is 75.6 cm³/mol. The van der Waals surface area contributed by atoms with Crippen LogP contribution in [0.2, 0.25) is 0 Å². The van der Waals surface area contributed by atoms with Crippen molar-refractivity contribution >= 4 is 37.4 Å². The topological polar surface area (TPSA) is 52.6 Å². The van der Waals surface area contributed by atoms with E-state index in [9.17, 15) is 8.42 Å². The number of ether oxygens (including phenoxy) is 2. The molecule has 0 aliphatic carbocycles. The number of rotatable bonds is 5. The molecule has 0 aliphatic rings. The highest BCUT2D eigenvalue weighted by Gasteiger charge is 2.20. The molecule has 0 amide bonds. The molecular weight excluding hydrogens is 344 g/mol. The summed E-state index contributed by atoms with van der Waals surface area (Å²) in [5.41, 5.74) is 0.588. The number of hydrogen-bond acceptors (Lipinski definition) is 4. The van der Waals surface area contributed by atoms with Gasteiger partial charge in [-0.15, -0.1) is 11.6 Å². The molecule has 0 fully saturated rings. The van der Waals surface area contributed by atoms with Crippen molar-refractivity contribution in [2.75, 3.05) is 26.2 Å². The van der Waals surface area contributed by atoms with Gasteiger partial charge in [-0.1, -0.05) is 0 Å². The van der Waals surface area contributed by atoms with Gasteiger partial charge in [0.15, 0.2) is 0 Å². The van der Waals surface area contributed by atoms with Gasteiger partial charge in [-0.25, -0.2) is 8.42 Å². The Balaban J connectivity index is 3.21. The molecule has 0 saturated heterocycles. The average Bonchev–Trinajstić information content (AvgIpc) is 2.26. The van der Waals surface area contributed by atoms with Crippen LogP contribution in [-0.2, 0) is 9.84 Å². The van der Waals surface area contributed by atoms with Crippen LogP contribution in [0.5, 0.6) is 11.5 Å². The molecule has 0 spiro atoms. The molecule has 0 bridgehead atoms. The number of benzene rings is 1. The molecule has 18 heavy (non-hydrogen) atoms. The van der Waals surface area contributed by atoms with Crippen molar-refractivity contribution < 1.29 is 17.9 Å². The molecule has 0 aromatic heterocycles. The molecule has 1 aromatic carbocycles. The highest BCUT2D eigenvalue weighted by Crippen LogP contribution is 2.38. The van der Waals surface area contributed by atoms with Crippen LogP contribution in [0.1, 0.15) is 10.9 Å². The van der Waals surface area contributed by atoms with Crippen LogP contribution in [0.15, 0.2) is 16.6 Å². The summed E-state index contributed by atoms with van der Waals surface area (Å²) in [6.45, 7) is 0. The van der Waals surface area contributed by atoms with E-state index in [-0.39, 0.29) is 5.75 Å². The Morgan fingerprint density at radius 2 is 1.83 bits per heavy atom. The number of alkyl halides is 1. The number of methoxy groups -OCH3 is 2. The molecule has 102 valence electrons. The first kappa shape index (κ1) is 15.6. The zero-order valence-corrected chi connectivity index (χ0v) is 13.4. The van der Waals surface area contributed by atoms with E-state index in [2.05, 4.69) is 15.9 Å². The Morgan fingerprint density at radius 1 is 1.28 bits per heavy atom. The molecular formula is C11H14BrClO4S. The standard InChI is InChI=1S/C11H14BrClO4S/c1-16-10-5-8(12)11(17-2)4-7(10)9(13)6-18(3,14)15/h4-5,9H,6H2,1-3H3. The normalized spacial score (nSPS) is 13.2. The van der Waals surface area contributed by atoms with E-state index < -0.39 is 15.2 Å². The summed E-state index contributed by atoms with van der Waals surface area (Å²) in [7, 11) is -0.140. The highest BCUT2D eigenvalue weighted by atomic mass is 79.9. The van der Waals surface area contributed by atoms with Gasteiger partial charge in [0, 0.05) is 11.8 Å². The van der Waals surface area contributed by atoms with Crippen LogP contribution in [-0.4, -0.2) is 34.6 Å². The first-order valence-electron chi connectivity index (χ1n) is 5.01. The fourth-order valence-electron chi connectivity index (χ4n) is 1.48. The lowest BCUT2D eigenvalue weighted by Crippen LogP contribution is -2.10. The summed E-state index contributed by atoms with van der Waals surface area (Å²) in [5, 5.41) is -0.683. The zero-order valence-electron chi connectivity index (χ0n) is 10.2. The zero-order chi connectivity index (χ0) is 13.9. The minimum absolute atomic E-state index is 0.157. The summed E-state index contributed by atoms with van der Waals surface area (Å²) < 4.78 is 33.6. The van der Waals surface area contributed by atoms with Gasteiger partial charge in [-0.3, -0.25) is 0 Å². The highest BCUT2D eigenvalue weighted by molar-refractivity contribution is 9.10. The Hall–Kier alpha value is -0.460. The van der Waals surface area contributed by atoms with Crippen LogP contribution in [0.3, 0.4) is 0 Å². The van der Waals surface area contributed by atoms with Gasteiger partial charge in [0.25, 0.3) is 0 Å². The Kier molecular flexibility index (Phi) is 5.31. The third-order valence-corrected chi connectivity index (χ3v) is 4.42. The molecule has 1 atom stereocenters. The minimum atomic E-state index is -3.17. The van der Waals surface area contributed by atoms with Crippen LogP contribution in [0.25, 0.3) is 0 Å². The largest absolute Gasteiger partial charge is 0.496 e. The van der Waals surface area contributed by atoms with Crippen molar-refractivity contribution in [3.63, 3.8) is 0 Å². The van der Waals surface area contributed by atoms with Gasteiger partial charge in [0.1, 0.15) is 21.3 Å². The summed E-state index contributed by atoms with van der Waals surface area (Å²) in [4.78, 5) is 0. The van der Waals surface area contributed by atoms with Crippen molar-refractivity contribution in [1.29, 1.82) is 0 Å². The van der Waals surface area contributed by atoms with Crippen molar-refractivity contribution in [1.82, 2.24) is 0 Å². The van der Waals surface area contributed by atoms with Crippen LogP contribution >= 0.6 is 27.5 Å². The lowest BCUT2D eigenvalue weighted by Gasteiger charge is -2.15. The van der Waals surface area contributed by atoms with E-state index in [1.54, 1.807) is 12.1 Å². The maximum atomic E-state index is 11.3. The van der Waals surface area contributed by atoms with Crippen molar-refractivity contribution in [3.8, 4) is 11.5 Å². The second kappa shape index (κ2) is 6.12. The van der Waals surface area contributed by atoms with Gasteiger partial charge >= 0.3 is 0 Å². The Bertz CT molecular complexity index is 530. The van der Waals surface area contributed by atoms with Gasteiger partial charge in [-0.05, 0) is 28.1 Å². The monoisotopic (exact) mass is 356 g/mol. The third kappa shape index (κ3) is 4.03. The van der Waals surface area contributed by atoms with Crippen LogP contribution in [0, 0.1) is 0 Å². The van der Waals surface area contributed by atoms with Crippen molar-refractivity contribution in [3.05, 3.63) is 22.2 Å². The predicted octanol–water partition coefficient (Wildman–Crippen LogP) is 2.79. The summed E-state index contributed by atoms with van der Waals surface area (Å²) in [5.74, 6) is 0.937. The molecule has 1 rings (SSSR count). The third-order valence-electron chi connectivity index (χ3n) is 2.29. The van der Waals surface area contributed by atoms with E-state index in [0.717, 1.165) is 6.26 Å². The molecule has 0 N–H and O–H groups in total. The van der Waals surface area contributed by atoms with Gasteiger partial charge in [-0.2, -0.15) is 0 Å². The SMILES string of the molecule is COc1cc(C(Cl)CS(C)(=O)=O)c(OC)cc1Br. The second-order valence-electron chi connectivity index (χ2n) is 3.79. The summed E-state index contributed by atoms with van der Waals surface area (Å²) in [6, 6.07) is 3.37. The fraction of sp³-hybridized carbons (Fsp3) is 0.455. The molecule has 0 aliphatic heterocycles. The fourth-order valence-corrected chi connectivity index (χ4v) is 3.54. The van der Waals surface area contributed by atoms with Crippen molar-refractivity contribution in [2.24, 2.45) is 0 Å². The maximum absolute atomic E-state index is 11.3. The lowest BCUT2D eigenvalue weighted by molar-refractivity contribution is 0.396. The minimum Gasteiger partial charge on any atom is -0.496 e. The van der Waals surface area contributed by atoms with E-state index in [4.69, 9.17) is 21.1 Å². The smallest absolute Gasteiger partial charge is 0.149 e. The van der Waals surface area contributed by atoms with Gasteiger partial charge in [0.05, 0.1) is 29.8 Å². The second-order valence-corrected chi connectivity index (χ2v) is 7.35. The van der Waals surface area contributed by atoms with Crippen molar-refractivity contribution in [2.45, 2.75) is 5.38 Å². The van der Waals surface area contributed by atoms with E-state index >= 15 is 0 Å². The Morgan fingerprint density at radius 3 is 2.28 bits per heavy atom. The first-order valence-corrected chi connectivity index (χ1v) is 8.30. The average molecular weight is 358 g/mol. The quantitative estimate of drug-likeness (QED) is 0.760. The molecule has 4 nitrogen and oxygen atoms in total.